The van der Waals surface area contributed by atoms with Crippen molar-refractivity contribution in [1.82, 2.24) is 0 Å². The zero-order chi connectivity index (χ0) is 20.6. The van der Waals surface area contributed by atoms with E-state index in [1.165, 1.54) is 0 Å². The lowest BCUT2D eigenvalue weighted by Crippen LogP contribution is -2.22. The SMILES string of the molecule is CC(C)(c1ccc(OC[C@H](O)COI)cc1)c1ccc(OC[C@@H](O)CCl)cc1. The molecule has 0 heterocycles. The quantitative estimate of drug-likeness (QED) is 0.345. The third kappa shape index (κ3) is 6.77. The van der Waals surface area contributed by atoms with Gasteiger partial charge in [0.25, 0.3) is 0 Å². The molecule has 0 aromatic heterocycles. The number of ether oxygens (including phenoxy) is 2. The molecule has 0 aliphatic heterocycles. The van der Waals surface area contributed by atoms with Gasteiger partial charge in [0.15, 0.2) is 0 Å². The molecule has 0 unspecified atom stereocenters. The van der Waals surface area contributed by atoms with Gasteiger partial charge in [0.1, 0.15) is 59.9 Å². The van der Waals surface area contributed by atoms with E-state index < -0.39 is 12.2 Å². The Balaban J connectivity index is 2.01. The lowest BCUT2D eigenvalue weighted by molar-refractivity contribution is 0.0768. The molecule has 7 heteroatoms. The third-order valence-corrected chi connectivity index (χ3v) is 5.19. The number of alkyl halides is 1. The number of halogens is 2. The van der Waals surface area contributed by atoms with E-state index in [4.69, 9.17) is 24.1 Å². The molecule has 5 nitrogen and oxygen atoms in total. The summed E-state index contributed by atoms with van der Waals surface area (Å²) in [5, 5.41) is 19.1. The molecule has 0 aliphatic carbocycles. The molecule has 0 amide bonds. The molecule has 2 aromatic rings. The van der Waals surface area contributed by atoms with Crippen molar-refractivity contribution in [2.75, 3.05) is 25.7 Å². The van der Waals surface area contributed by atoms with Crippen molar-refractivity contribution in [2.45, 2.75) is 31.5 Å². The van der Waals surface area contributed by atoms with Crippen LogP contribution in [-0.4, -0.2) is 48.1 Å². The highest BCUT2D eigenvalue weighted by Crippen LogP contribution is 2.33. The fraction of sp³-hybridized carbons (Fsp3) is 0.429. The van der Waals surface area contributed by atoms with Gasteiger partial charge in [0.2, 0.25) is 0 Å². The Hall–Kier alpha value is -1.06. The molecule has 0 spiro atoms. The predicted octanol–water partition coefficient (Wildman–Crippen LogP) is 4.10. The van der Waals surface area contributed by atoms with E-state index >= 15 is 0 Å². The van der Waals surface area contributed by atoms with Gasteiger partial charge < -0.3 is 22.8 Å². The molecule has 154 valence electrons. The Morgan fingerprint density at radius 2 is 1.25 bits per heavy atom. The maximum absolute atomic E-state index is 9.66. The lowest BCUT2D eigenvalue weighted by Gasteiger charge is -2.26. The lowest BCUT2D eigenvalue weighted by atomic mass is 9.78. The maximum Gasteiger partial charge on any atom is 0.119 e. The zero-order valence-corrected chi connectivity index (χ0v) is 18.9. The van der Waals surface area contributed by atoms with Crippen molar-refractivity contribution in [3.63, 3.8) is 0 Å². The monoisotopic (exact) mass is 520 g/mol. The van der Waals surface area contributed by atoms with Crippen LogP contribution in [0.3, 0.4) is 0 Å². The summed E-state index contributed by atoms with van der Waals surface area (Å²) in [6.45, 7) is 4.89. The van der Waals surface area contributed by atoms with Crippen molar-refractivity contribution in [3.05, 3.63) is 59.7 Å². The number of hydrogen-bond donors (Lipinski definition) is 2. The summed E-state index contributed by atoms with van der Waals surface area (Å²) in [5.74, 6) is 1.55. The molecule has 0 saturated carbocycles. The topological polar surface area (TPSA) is 68.2 Å². The molecule has 2 atom stereocenters. The second-order valence-electron chi connectivity index (χ2n) is 7.03. The van der Waals surface area contributed by atoms with Crippen molar-refractivity contribution < 1.29 is 22.8 Å². The summed E-state index contributed by atoms with van der Waals surface area (Å²) in [7, 11) is 0. The smallest absolute Gasteiger partial charge is 0.119 e. The second kappa shape index (κ2) is 11.2. The maximum atomic E-state index is 9.66. The highest BCUT2D eigenvalue weighted by atomic mass is 127. The Kier molecular flexibility index (Phi) is 9.30. The van der Waals surface area contributed by atoms with E-state index in [2.05, 4.69) is 13.8 Å². The fourth-order valence-corrected chi connectivity index (χ4v) is 3.16. The van der Waals surface area contributed by atoms with Crippen molar-refractivity contribution in [1.29, 1.82) is 0 Å². The van der Waals surface area contributed by atoms with E-state index in [0.29, 0.717) is 11.5 Å². The van der Waals surface area contributed by atoms with Gasteiger partial charge in [-0.3, -0.25) is 0 Å². The number of benzene rings is 2. The van der Waals surface area contributed by atoms with Gasteiger partial charge in [-0.1, -0.05) is 38.1 Å². The molecule has 0 bridgehead atoms. The molecular formula is C21H26ClIO5. The molecular weight excluding hydrogens is 495 g/mol. The van der Waals surface area contributed by atoms with Crippen LogP contribution >= 0.6 is 34.6 Å². The molecule has 0 radical (unpaired) electrons. The first kappa shape index (κ1) is 23.2. The first-order chi connectivity index (χ1) is 13.4. The van der Waals surface area contributed by atoms with Gasteiger partial charge in [0, 0.05) is 5.41 Å². The summed E-state index contributed by atoms with van der Waals surface area (Å²) in [6.07, 6.45) is -1.33. The minimum absolute atomic E-state index is 0.149. The summed E-state index contributed by atoms with van der Waals surface area (Å²) >= 11 is 7.32. The Morgan fingerprint density at radius 1 is 0.821 bits per heavy atom. The van der Waals surface area contributed by atoms with Crippen LogP contribution in [0.15, 0.2) is 48.5 Å². The van der Waals surface area contributed by atoms with Crippen LogP contribution in [0.2, 0.25) is 0 Å². The van der Waals surface area contributed by atoms with Crippen LogP contribution in [0.5, 0.6) is 11.5 Å². The summed E-state index contributed by atoms with van der Waals surface area (Å²) in [5.41, 5.74) is 2.07. The predicted molar refractivity (Wildman–Crippen MR) is 119 cm³/mol. The zero-order valence-electron chi connectivity index (χ0n) is 16.0. The van der Waals surface area contributed by atoms with Gasteiger partial charge in [-0.05, 0) is 35.4 Å². The molecule has 0 aliphatic rings. The normalized spacial score (nSPS) is 13.8. The summed E-state index contributed by atoms with van der Waals surface area (Å²) in [6, 6.07) is 15.7. The van der Waals surface area contributed by atoms with Gasteiger partial charge in [-0.25, -0.2) is 0 Å². The van der Waals surface area contributed by atoms with Crippen LogP contribution in [0, 0.1) is 0 Å². The fourth-order valence-electron chi connectivity index (χ4n) is 2.65. The number of aliphatic hydroxyl groups excluding tert-OH is 2. The third-order valence-electron chi connectivity index (χ3n) is 4.47. The van der Waals surface area contributed by atoms with Crippen molar-refractivity contribution in [3.8, 4) is 11.5 Å². The summed E-state index contributed by atoms with van der Waals surface area (Å²) in [4.78, 5) is 0. The van der Waals surface area contributed by atoms with Gasteiger partial charge in [-0.15, -0.1) is 11.6 Å². The van der Waals surface area contributed by atoms with Crippen molar-refractivity contribution in [2.24, 2.45) is 0 Å². The first-order valence-electron chi connectivity index (χ1n) is 8.99. The van der Waals surface area contributed by atoms with E-state index in [-0.39, 0.29) is 31.1 Å². The van der Waals surface area contributed by atoms with Gasteiger partial charge >= 0.3 is 0 Å². The average Bonchev–Trinajstić information content (AvgIpc) is 2.71. The molecule has 2 rings (SSSR count). The number of aliphatic hydroxyl groups is 2. The van der Waals surface area contributed by atoms with Gasteiger partial charge in [-0.2, -0.15) is 0 Å². The molecule has 2 N–H and O–H groups in total. The van der Waals surface area contributed by atoms with E-state index in [9.17, 15) is 10.2 Å². The van der Waals surface area contributed by atoms with E-state index in [1.54, 1.807) is 23.0 Å². The average molecular weight is 521 g/mol. The van der Waals surface area contributed by atoms with E-state index in [0.717, 1.165) is 11.1 Å². The van der Waals surface area contributed by atoms with E-state index in [1.807, 2.05) is 48.5 Å². The number of hydrogen-bond acceptors (Lipinski definition) is 5. The Bertz CT molecular complexity index is 706. The van der Waals surface area contributed by atoms with Crippen LogP contribution in [0.1, 0.15) is 25.0 Å². The van der Waals surface area contributed by atoms with Crippen LogP contribution < -0.4 is 9.47 Å². The standard InChI is InChI=1S/C21H26ClIO5/c1-21(2,15-3-7-19(8-4-15)26-12-17(24)11-22)16-5-9-20(10-6-16)27-13-18(25)14-28-23/h3-10,17-18,24-25H,11-14H2,1-2H3/t17-,18-/m0/s1. The van der Waals surface area contributed by atoms with Crippen molar-refractivity contribution >= 4 is 34.6 Å². The largest absolute Gasteiger partial charge is 0.491 e. The highest BCUT2D eigenvalue weighted by Gasteiger charge is 2.23. The molecule has 0 fully saturated rings. The van der Waals surface area contributed by atoms with Gasteiger partial charge in [0.05, 0.1) is 12.5 Å². The number of rotatable bonds is 11. The minimum Gasteiger partial charge on any atom is -0.491 e. The first-order valence-corrected chi connectivity index (χ1v) is 10.4. The highest BCUT2D eigenvalue weighted by molar-refractivity contribution is 14.1. The minimum atomic E-state index is -0.672. The Labute approximate surface area is 185 Å². The molecule has 2 aromatic carbocycles. The second-order valence-corrected chi connectivity index (χ2v) is 7.96. The van der Waals surface area contributed by atoms with Crippen LogP contribution in [-0.2, 0) is 8.48 Å². The molecule has 0 saturated heterocycles. The van der Waals surface area contributed by atoms with Crippen LogP contribution in [0.25, 0.3) is 0 Å². The summed E-state index contributed by atoms with van der Waals surface area (Å²) < 4.78 is 16.0. The van der Waals surface area contributed by atoms with Crippen LogP contribution in [0.4, 0.5) is 0 Å². The molecule has 28 heavy (non-hydrogen) atoms. The Morgan fingerprint density at radius 3 is 1.64 bits per heavy atom.